The molecule has 2 N–H and O–H groups in total. The number of aliphatic hydroxyl groups is 1. The fraction of sp³-hybridized carbons (Fsp3) is 0.609. The van der Waals surface area contributed by atoms with Crippen molar-refractivity contribution in [2.45, 2.75) is 31.5 Å². The molecule has 0 unspecified atom stereocenters. The fourth-order valence-corrected chi connectivity index (χ4v) is 5.61. The van der Waals surface area contributed by atoms with Gasteiger partial charge in [-0.2, -0.15) is 5.10 Å². The first kappa shape index (κ1) is 20.0. The molecule has 1 aromatic carbocycles. The Morgan fingerprint density at radius 2 is 1.87 bits per heavy atom. The van der Waals surface area contributed by atoms with Gasteiger partial charge in [0.15, 0.2) is 0 Å². The Balaban J connectivity index is 1.24. The topological polar surface area (TPSA) is 73.9 Å². The highest BCUT2D eigenvalue weighted by Crippen LogP contribution is 2.39. The second-order valence-electron chi connectivity index (χ2n) is 8.97. The van der Waals surface area contributed by atoms with Crippen LogP contribution in [0, 0.1) is 11.8 Å². The van der Waals surface area contributed by atoms with Crippen LogP contribution in [0.4, 0.5) is 0 Å². The Hall–Kier alpha value is -1.93. The summed E-state index contributed by atoms with van der Waals surface area (Å²) in [4.78, 5) is 4.99. The summed E-state index contributed by atoms with van der Waals surface area (Å²) >= 11 is 0. The number of aromatic amines is 1. The molecule has 0 amide bonds. The summed E-state index contributed by atoms with van der Waals surface area (Å²) in [5.74, 6) is 2.11. The van der Waals surface area contributed by atoms with E-state index in [0.717, 1.165) is 75.8 Å². The average molecular weight is 413 g/mol. The third-order valence-electron chi connectivity index (χ3n) is 7.19. The van der Waals surface area contributed by atoms with Crippen LogP contribution in [0.5, 0.6) is 5.75 Å². The van der Waals surface area contributed by atoms with Crippen LogP contribution in [0.1, 0.15) is 18.4 Å². The Labute approximate surface area is 178 Å². The third kappa shape index (κ3) is 3.99. The molecule has 162 valence electrons. The number of aliphatic hydroxyl groups excluding tert-OH is 1. The van der Waals surface area contributed by atoms with E-state index in [2.05, 4.69) is 32.1 Å². The van der Waals surface area contributed by atoms with E-state index in [0.29, 0.717) is 17.9 Å². The number of hydrogen-bond acceptors (Lipinski definition) is 6. The van der Waals surface area contributed by atoms with Gasteiger partial charge in [0.05, 0.1) is 38.3 Å². The number of ether oxygens (including phenoxy) is 2. The molecule has 3 heterocycles. The second kappa shape index (κ2) is 8.67. The molecule has 7 heteroatoms. The van der Waals surface area contributed by atoms with E-state index in [1.807, 2.05) is 18.3 Å². The number of aromatic nitrogens is 2. The van der Waals surface area contributed by atoms with Crippen molar-refractivity contribution in [3.8, 4) is 17.0 Å². The molecule has 0 spiro atoms. The first-order valence-electron chi connectivity index (χ1n) is 11.1. The zero-order valence-electron chi connectivity index (χ0n) is 17.7. The first-order valence-corrected chi connectivity index (χ1v) is 11.1. The maximum absolute atomic E-state index is 10.8. The van der Waals surface area contributed by atoms with E-state index in [4.69, 9.17) is 9.47 Å². The Bertz CT molecular complexity index is 833. The summed E-state index contributed by atoms with van der Waals surface area (Å²) in [5, 5.41) is 18.3. The molecular formula is C23H32N4O3. The predicted octanol–water partition coefficient (Wildman–Crippen LogP) is 1.99. The molecule has 0 bridgehead atoms. The third-order valence-corrected chi connectivity index (χ3v) is 7.19. The van der Waals surface area contributed by atoms with Crippen molar-refractivity contribution in [3.05, 3.63) is 36.0 Å². The summed E-state index contributed by atoms with van der Waals surface area (Å²) < 4.78 is 10.8. The van der Waals surface area contributed by atoms with Crippen molar-refractivity contribution < 1.29 is 14.6 Å². The normalized spacial score (nSPS) is 30.3. The van der Waals surface area contributed by atoms with E-state index in [1.165, 1.54) is 5.56 Å². The zero-order chi connectivity index (χ0) is 20.5. The van der Waals surface area contributed by atoms with Gasteiger partial charge in [0.1, 0.15) is 5.75 Å². The van der Waals surface area contributed by atoms with E-state index in [1.54, 1.807) is 7.11 Å². The number of methoxy groups -OCH3 is 1. The number of nitrogens with zero attached hydrogens (tertiary/aromatic N) is 3. The average Bonchev–Trinajstić information content (AvgIpc) is 3.40. The van der Waals surface area contributed by atoms with E-state index in [9.17, 15) is 5.11 Å². The molecule has 3 fully saturated rings. The molecule has 1 aliphatic carbocycles. The van der Waals surface area contributed by atoms with E-state index < -0.39 is 0 Å². The molecule has 0 radical (unpaired) electrons. The second-order valence-corrected chi connectivity index (χ2v) is 8.97. The number of morpholine rings is 1. The number of rotatable bonds is 5. The van der Waals surface area contributed by atoms with Crippen molar-refractivity contribution in [1.29, 1.82) is 0 Å². The molecule has 3 aliphatic rings. The van der Waals surface area contributed by atoms with Gasteiger partial charge < -0.3 is 14.6 Å². The van der Waals surface area contributed by atoms with Crippen LogP contribution in [-0.2, 0) is 11.3 Å². The number of benzene rings is 1. The minimum Gasteiger partial charge on any atom is -0.497 e. The summed E-state index contributed by atoms with van der Waals surface area (Å²) in [6, 6.07) is 8.40. The molecule has 30 heavy (non-hydrogen) atoms. The number of H-pyrrole nitrogens is 1. The lowest BCUT2D eigenvalue weighted by Crippen LogP contribution is -2.53. The highest BCUT2D eigenvalue weighted by Gasteiger charge is 2.43. The highest BCUT2D eigenvalue weighted by molar-refractivity contribution is 5.63. The monoisotopic (exact) mass is 412 g/mol. The predicted molar refractivity (Wildman–Crippen MR) is 114 cm³/mol. The number of likely N-dealkylation sites (tertiary alicyclic amines) is 1. The maximum Gasteiger partial charge on any atom is 0.118 e. The summed E-state index contributed by atoms with van der Waals surface area (Å²) in [6.07, 6.45) is 3.75. The van der Waals surface area contributed by atoms with Crippen molar-refractivity contribution in [2.75, 3.05) is 46.5 Å². The number of fused-ring (bicyclic) bond motifs is 1. The van der Waals surface area contributed by atoms with Crippen LogP contribution in [0.2, 0.25) is 0 Å². The largest absolute Gasteiger partial charge is 0.497 e. The first-order chi connectivity index (χ1) is 14.7. The molecule has 4 atom stereocenters. The Morgan fingerprint density at radius 3 is 2.60 bits per heavy atom. The van der Waals surface area contributed by atoms with Gasteiger partial charge in [-0.1, -0.05) is 0 Å². The summed E-state index contributed by atoms with van der Waals surface area (Å²) in [6.45, 7) is 6.53. The SMILES string of the molecule is COc1ccc(-c2[nH]ncc2CN2C[C@H]3C[C@@H](N4CCOCC4)[C@H](O)C[C@H]3C2)cc1. The molecule has 5 rings (SSSR count). The highest BCUT2D eigenvalue weighted by atomic mass is 16.5. The van der Waals surface area contributed by atoms with Crippen LogP contribution < -0.4 is 4.74 Å². The Morgan fingerprint density at radius 1 is 1.13 bits per heavy atom. The number of nitrogens with one attached hydrogen (secondary N) is 1. The van der Waals surface area contributed by atoms with Gasteiger partial charge in [0.2, 0.25) is 0 Å². The quantitative estimate of drug-likeness (QED) is 0.783. The zero-order valence-corrected chi connectivity index (χ0v) is 17.7. The molecule has 2 aliphatic heterocycles. The van der Waals surface area contributed by atoms with Crippen molar-refractivity contribution in [2.24, 2.45) is 11.8 Å². The van der Waals surface area contributed by atoms with Crippen LogP contribution in [-0.4, -0.2) is 83.8 Å². The lowest BCUT2D eigenvalue weighted by molar-refractivity contribution is -0.0520. The maximum atomic E-state index is 10.8. The van der Waals surface area contributed by atoms with E-state index in [-0.39, 0.29) is 6.10 Å². The van der Waals surface area contributed by atoms with Gasteiger partial charge in [0, 0.05) is 49.9 Å². The molecule has 1 saturated carbocycles. The number of hydrogen-bond donors (Lipinski definition) is 2. The van der Waals surface area contributed by atoms with Crippen molar-refractivity contribution in [1.82, 2.24) is 20.0 Å². The van der Waals surface area contributed by atoms with Gasteiger partial charge >= 0.3 is 0 Å². The smallest absolute Gasteiger partial charge is 0.118 e. The van der Waals surface area contributed by atoms with Crippen molar-refractivity contribution in [3.63, 3.8) is 0 Å². The molecule has 1 aromatic heterocycles. The lowest BCUT2D eigenvalue weighted by Gasteiger charge is -2.43. The van der Waals surface area contributed by atoms with Crippen LogP contribution in [0.15, 0.2) is 30.5 Å². The van der Waals surface area contributed by atoms with Gasteiger partial charge in [-0.05, 0) is 48.9 Å². The summed E-state index contributed by atoms with van der Waals surface area (Å²) in [7, 11) is 1.68. The van der Waals surface area contributed by atoms with Crippen LogP contribution in [0.25, 0.3) is 11.3 Å². The fourth-order valence-electron chi connectivity index (χ4n) is 5.61. The van der Waals surface area contributed by atoms with Crippen LogP contribution >= 0.6 is 0 Å². The molecule has 7 nitrogen and oxygen atoms in total. The van der Waals surface area contributed by atoms with Gasteiger partial charge in [-0.15, -0.1) is 0 Å². The molecule has 2 aromatic rings. The molecular weight excluding hydrogens is 380 g/mol. The molecule has 2 saturated heterocycles. The standard InChI is InChI=1S/C23H32N4O3/c1-29-20-4-2-16(3-5-20)23-19(12-24-25-23)15-26-13-17-10-21(22(28)11-18(17)14-26)27-6-8-30-9-7-27/h2-5,12,17-18,21-22,28H,6-11,13-15H2,1H3,(H,24,25)/t17-,18+,21-,22-/m1/s1. The van der Waals surface area contributed by atoms with E-state index >= 15 is 0 Å². The van der Waals surface area contributed by atoms with Crippen molar-refractivity contribution >= 4 is 0 Å². The minimum atomic E-state index is -0.215. The summed E-state index contributed by atoms with van der Waals surface area (Å²) in [5.41, 5.74) is 3.44. The lowest BCUT2D eigenvalue weighted by atomic mass is 9.77. The minimum absolute atomic E-state index is 0.215. The van der Waals surface area contributed by atoms with Gasteiger partial charge in [-0.25, -0.2) is 0 Å². The van der Waals surface area contributed by atoms with Crippen LogP contribution in [0.3, 0.4) is 0 Å². The van der Waals surface area contributed by atoms with Gasteiger partial charge in [0.25, 0.3) is 0 Å². The Kier molecular flexibility index (Phi) is 5.78. The van der Waals surface area contributed by atoms with Gasteiger partial charge in [-0.3, -0.25) is 14.9 Å².